The molecule has 0 saturated heterocycles. The van der Waals surface area contributed by atoms with Crippen molar-refractivity contribution in [1.29, 1.82) is 0 Å². The van der Waals surface area contributed by atoms with Gasteiger partial charge >= 0.3 is 0 Å². The average molecular weight is 203 g/mol. The topological polar surface area (TPSA) is 12.0 Å². The molecular formula is C14H21N. The molecule has 0 unspecified atom stereocenters. The first-order chi connectivity index (χ1) is 7.27. The molecule has 82 valence electrons. The number of benzene rings is 1. The van der Waals surface area contributed by atoms with Crippen molar-refractivity contribution in [1.82, 2.24) is 5.32 Å². The highest BCUT2D eigenvalue weighted by atomic mass is 14.9. The van der Waals surface area contributed by atoms with Gasteiger partial charge in [-0.2, -0.15) is 0 Å². The maximum atomic E-state index is 3.79. The molecule has 0 heterocycles. The minimum Gasteiger partial charge on any atom is -0.307 e. The van der Waals surface area contributed by atoms with E-state index in [-0.39, 0.29) is 0 Å². The zero-order valence-electron chi connectivity index (χ0n) is 9.74. The lowest BCUT2D eigenvalue weighted by Gasteiger charge is -2.21. The molecule has 0 amide bonds. The summed E-state index contributed by atoms with van der Waals surface area (Å²) in [4.78, 5) is 0. The molecule has 1 N–H and O–H groups in total. The Morgan fingerprint density at radius 2 is 2.00 bits per heavy atom. The lowest BCUT2D eigenvalue weighted by Crippen LogP contribution is -2.30. The van der Waals surface area contributed by atoms with Crippen molar-refractivity contribution in [3.05, 3.63) is 48.6 Å². The highest BCUT2D eigenvalue weighted by Crippen LogP contribution is 2.13. The molecule has 0 aromatic heterocycles. The van der Waals surface area contributed by atoms with Gasteiger partial charge in [-0.05, 0) is 25.3 Å². The SMILES string of the molecule is C=CC[C@@H](CC)N[C@@H](C)c1ccccc1. The van der Waals surface area contributed by atoms with E-state index in [0.717, 1.165) is 12.8 Å². The van der Waals surface area contributed by atoms with Gasteiger partial charge in [0, 0.05) is 12.1 Å². The minimum atomic E-state index is 0.413. The van der Waals surface area contributed by atoms with E-state index >= 15 is 0 Å². The Balaban J connectivity index is 2.54. The molecule has 0 spiro atoms. The van der Waals surface area contributed by atoms with Crippen LogP contribution in [0.4, 0.5) is 0 Å². The van der Waals surface area contributed by atoms with Crippen LogP contribution in [0.15, 0.2) is 43.0 Å². The third kappa shape index (κ3) is 3.88. The van der Waals surface area contributed by atoms with E-state index in [0.29, 0.717) is 12.1 Å². The molecular weight excluding hydrogens is 182 g/mol. The molecule has 2 atom stereocenters. The van der Waals surface area contributed by atoms with Crippen molar-refractivity contribution in [2.45, 2.75) is 38.8 Å². The van der Waals surface area contributed by atoms with E-state index < -0.39 is 0 Å². The van der Waals surface area contributed by atoms with Crippen LogP contribution in [0.25, 0.3) is 0 Å². The van der Waals surface area contributed by atoms with Crippen molar-refractivity contribution in [2.24, 2.45) is 0 Å². The van der Waals surface area contributed by atoms with E-state index in [9.17, 15) is 0 Å². The van der Waals surface area contributed by atoms with Crippen LogP contribution in [0.5, 0.6) is 0 Å². The molecule has 1 aromatic rings. The summed E-state index contributed by atoms with van der Waals surface area (Å²) in [6, 6.07) is 11.5. The van der Waals surface area contributed by atoms with Gasteiger partial charge in [0.05, 0.1) is 0 Å². The zero-order valence-corrected chi connectivity index (χ0v) is 9.74. The maximum absolute atomic E-state index is 3.79. The fourth-order valence-corrected chi connectivity index (χ4v) is 1.75. The van der Waals surface area contributed by atoms with Crippen molar-refractivity contribution in [2.75, 3.05) is 0 Å². The van der Waals surface area contributed by atoms with Crippen molar-refractivity contribution in [3.63, 3.8) is 0 Å². The van der Waals surface area contributed by atoms with Crippen LogP contribution < -0.4 is 5.32 Å². The average Bonchev–Trinajstić information content (AvgIpc) is 2.29. The van der Waals surface area contributed by atoms with Crippen LogP contribution in [0.3, 0.4) is 0 Å². The maximum Gasteiger partial charge on any atom is 0.0294 e. The smallest absolute Gasteiger partial charge is 0.0294 e. The molecule has 0 saturated carbocycles. The van der Waals surface area contributed by atoms with E-state index in [2.05, 4.69) is 56.1 Å². The zero-order chi connectivity index (χ0) is 11.1. The van der Waals surface area contributed by atoms with Crippen LogP contribution in [-0.4, -0.2) is 6.04 Å². The van der Waals surface area contributed by atoms with Gasteiger partial charge in [0.2, 0.25) is 0 Å². The summed E-state index contributed by atoms with van der Waals surface area (Å²) in [5.41, 5.74) is 1.35. The van der Waals surface area contributed by atoms with Gasteiger partial charge in [0.15, 0.2) is 0 Å². The summed E-state index contributed by atoms with van der Waals surface area (Å²) in [7, 11) is 0. The van der Waals surface area contributed by atoms with E-state index in [4.69, 9.17) is 0 Å². The molecule has 0 aliphatic rings. The fraction of sp³-hybridized carbons (Fsp3) is 0.429. The number of hydrogen-bond donors (Lipinski definition) is 1. The van der Waals surface area contributed by atoms with Crippen LogP contribution in [0, 0.1) is 0 Å². The highest BCUT2D eigenvalue weighted by Gasteiger charge is 2.09. The Bertz CT molecular complexity index is 279. The largest absolute Gasteiger partial charge is 0.307 e. The molecule has 1 nitrogen and oxygen atoms in total. The standard InChI is InChI=1S/C14H21N/c1-4-9-14(5-2)15-12(3)13-10-7-6-8-11-13/h4,6-8,10-12,14-15H,1,5,9H2,2-3H3/t12-,14+/m0/s1. The molecule has 0 aliphatic heterocycles. The van der Waals surface area contributed by atoms with Crippen LogP contribution >= 0.6 is 0 Å². The van der Waals surface area contributed by atoms with Gasteiger partial charge < -0.3 is 5.32 Å². The third-order valence-corrected chi connectivity index (χ3v) is 2.73. The fourth-order valence-electron chi connectivity index (χ4n) is 1.75. The normalized spacial score (nSPS) is 14.5. The van der Waals surface area contributed by atoms with Crippen molar-refractivity contribution < 1.29 is 0 Å². The highest BCUT2D eigenvalue weighted by molar-refractivity contribution is 5.18. The summed E-state index contributed by atoms with van der Waals surface area (Å²) in [5.74, 6) is 0. The van der Waals surface area contributed by atoms with Gasteiger partial charge in [-0.15, -0.1) is 6.58 Å². The van der Waals surface area contributed by atoms with Crippen LogP contribution in [0.2, 0.25) is 0 Å². The van der Waals surface area contributed by atoms with E-state index in [1.165, 1.54) is 5.56 Å². The summed E-state index contributed by atoms with van der Waals surface area (Å²) in [5, 5.41) is 3.61. The van der Waals surface area contributed by atoms with Crippen LogP contribution in [-0.2, 0) is 0 Å². The Morgan fingerprint density at radius 3 is 2.53 bits per heavy atom. The van der Waals surface area contributed by atoms with Crippen LogP contribution in [0.1, 0.15) is 38.3 Å². The quantitative estimate of drug-likeness (QED) is 0.695. The van der Waals surface area contributed by atoms with Gasteiger partial charge in [0.25, 0.3) is 0 Å². The Morgan fingerprint density at radius 1 is 1.33 bits per heavy atom. The van der Waals surface area contributed by atoms with Gasteiger partial charge in [0.1, 0.15) is 0 Å². The number of rotatable bonds is 6. The van der Waals surface area contributed by atoms with Gasteiger partial charge in [-0.3, -0.25) is 0 Å². The second-order valence-electron chi connectivity index (χ2n) is 3.93. The van der Waals surface area contributed by atoms with Crippen molar-refractivity contribution >= 4 is 0 Å². The Labute approximate surface area is 93.2 Å². The number of hydrogen-bond acceptors (Lipinski definition) is 1. The second kappa shape index (κ2) is 6.41. The first kappa shape index (κ1) is 12.0. The first-order valence-corrected chi connectivity index (χ1v) is 5.69. The Hall–Kier alpha value is -1.08. The molecule has 1 heteroatoms. The lowest BCUT2D eigenvalue weighted by molar-refractivity contribution is 0.445. The van der Waals surface area contributed by atoms with Gasteiger partial charge in [-0.1, -0.05) is 43.3 Å². The minimum absolute atomic E-state index is 0.413. The Kier molecular flexibility index (Phi) is 5.13. The first-order valence-electron chi connectivity index (χ1n) is 5.69. The van der Waals surface area contributed by atoms with Crippen molar-refractivity contribution in [3.8, 4) is 0 Å². The number of nitrogens with one attached hydrogen (secondary N) is 1. The molecule has 0 fully saturated rings. The molecule has 1 rings (SSSR count). The predicted molar refractivity (Wildman–Crippen MR) is 66.9 cm³/mol. The molecule has 1 aromatic carbocycles. The molecule has 0 bridgehead atoms. The monoisotopic (exact) mass is 203 g/mol. The predicted octanol–water partition coefficient (Wildman–Crippen LogP) is 3.69. The molecule has 0 aliphatic carbocycles. The summed E-state index contributed by atoms with van der Waals surface area (Å²) in [6.45, 7) is 8.21. The van der Waals surface area contributed by atoms with E-state index in [1.807, 2.05) is 6.08 Å². The summed E-state index contributed by atoms with van der Waals surface area (Å²) < 4.78 is 0. The third-order valence-electron chi connectivity index (χ3n) is 2.73. The lowest BCUT2D eigenvalue weighted by atomic mass is 10.1. The summed E-state index contributed by atoms with van der Waals surface area (Å²) >= 11 is 0. The molecule has 0 radical (unpaired) electrons. The van der Waals surface area contributed by atoms with E-state index in [1.54, 1.807) is 0 Å². The molecule has 15 heavy (non-hydrogen) atoms. The summed E-state index contributed by atoms with van der Waals surface area (Å²) in [6.07, 6.45) is 4.16. The van der Waals surface area contributed by atoms with Gasteiger partial charge in [-0.25, -0.2) is 0 Å². The second-order valence-corrected chi connectivity index (χ2v) is 3.93.